The molecule has 0 fully saturated rings. The van der Waals surface area contributed by atoms with E-state index in [0.29, 0.717) is 22.2 Å². The molecule has 2 heterocycles. The van der Waals surface area contributed by atoms with Gasteiger partial charge in [-0.15, -0.1) is 0 Å². The van der Waals surface area contributed by atoms with Gasteiger partial charge in [-0.05, 0) is 29.7 Å². The van der Waals surface area contributed by atoms with Gasteiger partial charge in [-0.3, -0.25) is 0 Å². The molecule has 5 aromatic rings. The van der Waals surface area contributed by atoms with Gasteiger partial charge in [0, 0.05) is 21.5 Å². The minimum absolute atomic E-state index is 0.435. The van der Waals surface area contributed by atoms with Crippen LogP contribution in [0.2, 0.25) is 0 Å². The molecule has 0 aliphatic heterocycles. The molecule has 0 saturated heterocycles. The summed E-state index contributed by atoms with van der Waals surface area (Å²) in [4.78, 5) is 0. The van der Waals surface area contributed by atoms with Crippen LogP contribution in [0.3, 0.4) is 0 Å². The summed E-state index contributed by atoms with van der Waals surface area (Å²) >= 11 is 0. The summed E-state index contributed by atoms with van der Waals surface area (Å²) in [6.07, 6.45) is 0. The zero-order chi connectivity index (χ0) is 15.6. The maximum absolute atomic E-state index is 9.37. The van der Waals surface area contributed by atoms with E-state index in [4.69, 9.17) is 8.83 Å². The van der Waals surface area contributed by atoms with Crippen LogP contribution in [0.4, 0.5) is 0 Å². The van der Waals surface area contributed by atoms with Gasteiger partial charge in [-0.2, -0.15) is 0 Å². The standard InChI is InChI=1S/C18H11BO4/c20-19(21)10-5-8-16-14(9-10)13-7-6-12-11-3-1-2-4-15(11)22-17(12)18(13)23-16/h1-9,20-21H. The number of fused-ring (bicyclic) bond motifs is 7. The monoisotopic (exact) mass is 302 g/mol. The SMILES string of the molecule is OB(O)c1ccc2oc3c(ccc4c5ccccc5oc43)c2c1. The molecule has 110 valence electrons. The van der Waals surface area contributed by atoms with Crippen LogP contribution in [-0.4, -0.2) is 17.2 Å². The first-order valence-corrected chi connectivity index (χ1v) is 7.35. The topological polar surface area (TPSA) is 66.7 Å². The molecule has 5 rings (SSSR count). The van der Waals surface area contributed by atoms with E-state index in [0.717, 1.165) is 27.1 Å². The van der Waals surface area contributed by atoms with Gasteiger partial charge in [0.25, 0.3) is 0 Å². The van der Waals surface area contributed by atoms with Crippen molar-refractivity contribution in [3.63, 3.8) is 0 Å². The third-order valence-corrected chi connectivity index (χ3v) is 4.31. The molecule has 0 spiro atoms. The van der Waals surface area contributed by atoms with Crippen LogP contribution in [0.15, 0.2) is 63.4 Å². The quantitative estimate of drug-likeness (QED) is 0.467. The first-order chi connectivity index (χ1) is 11.2. The predicted octanol–water partition coefficient (Wildman–Crippen LogP) is 3.17. The number of hydrogen-bond donors (Lipinski definition) is 2. The smallest absolute Gasteiger partial charge is 0.452 e. The summed E-state index contributed by atoms with van der Waals surface area (Å²) in [5.41, 5.74) is 3.34. The number of hydrogen-bond acceptors (Lipinski definition) is 4. The van der Waals surface area contributed by atoms with Gasteiger partial charge in [0.1, 0.15) is 11.2 Å². The fourth-order valence-corrected chi connectivity index (χ4v) is 3.20. The highest BCUT2D eigenvalue weighted by atomic mass is 16.4. The molecule has 0 aliphatic rings. The van der Waals surface area contributed by atoms with Crippen molar-refractivity contribution in [2.24, 2.45) is 0 Å². The van der Waals surface area contributed by atoms with E-state index < -0.39 is 7.12 Å². The number of para-hydroxylation sites is 1. The molecule has 2 aromatic heterocycles. The van der Waals surface area contributed by atoms with E-state index >= 15 is 0 Å². The van der Waals surface area contributed by atoms with Crippen molar-refractivity contribution in [1.29, 1.82) is 0 Å². The number of rotatable bonds is 1. The van der Waals surface area contributed by atoms with Gasteiger partial charge in [0.15, 0.2) is 11.2 Å². The summed E-state index contributed by atoms with van der Waals surface area (Å²) in [6, 6.07) is 17.0. The molecular formula is C18H11BO4. The zero-order valence-corrected chi connectivity index (χ0v) is 12.0. The number of benzene rings is 3. The molecule has 3 aromatic carbocycles. The van der Waals surface area contributed by atoms with Crippen LogP contribution in [0, 0.1) is 0 Å². The van der Waals surface area contributed by atoms with Crippen molar-refractivity contribution in [2.45, 2.75) is 0 Å². The van der Waals surface area contributed by atoms with Crippen molar-refractivity contribution in [3.05, 3.63) is 54.6 Å². The molecule has 0 radical (unpaired) electrons. The number of furan rings is 2. The highest BCUT2D eigenvalue weighted by molar-refractivity contribution is 6.59. The van der Waals surface area contributed by atoms with E-state index in [9.17, 15) is 10.0 Å². The fourth-order valence-electron chi connectivity index (χ4n) is 3.20. The Morgan fingerprint density at radius 3 is 2.04 bits per heavy atom. The third-order valence-electron chi connectivity index (χ3n) is 4.31. The van der Waals surface area contributed by atoms with Crippen molar-refractivity contribution >= 4 is 56.5 Å². The summed E-state index contributed by atoms with van der Waals surface area (Å²) in [5.74, 6) is 0. The minimum atomic E-state index is -1.50. The fraction of sp³-hybridized carbons (Fsp3) is 0. The van der Waals surface area contributed by atoms with Gasteiger partial charge >= 0.3 is 7.12 Å². The third kappa shape index (κ3) is 1.69. The average molecular weight is 302 g/mol. The van der Waals surface area contributed by atoms with Gasteiger partial charge in [-0.1, -0.05) is 30.3 Å². The predicted molar refractivity (Wildman–Crippen MR) is 90.8 cm³/mol. The van der Waals surface area contributed by atoms with Crippen LogP contribution >= 0.6 is 0 Å². The van der Waals surface area contributed by atoms with Crippen molar-refractivity contribution in [3.8, 4) is 0 Å². The molecule has 0 amide bonds. The first-order valence-electron chi connectivity index (χ1n) is 7.35. The van der Waals surface area contributed by atoms with Crippen LogP contribution < -0.4 is 5.46 Å². The normalized spacial score (nSPS) is 11.9. The van der Waals surface area contributed by atoms with E-state index in [-0.39, 0.29) is 0 Å². The summed E-state index contributed by atoms with van der Waals surface area (Å²) in [7, 11) is -1.50. The molecule has 0 bridgehead atoms. The van der Waals surface area contributed by atoms with E-state index in [1.165, 1.54) is 0 Å². The lowest BCUT2D eigenvalue weighted by Gasteiger charge is -1.98. The lowest BCUT2D eigenvalue weighted by atomic mass is 9.80. The molecule has 0 saturated carbocycles. The Hall–Kier alpha value is -2.76. The Kier molecular flexibility index (Phi) is 2.43. The average Bonchev–Trinajstić information content (AvgIpc) is 3.12. The Morgan fingerprint density at radius 1 is 0.652 bits per heavy atom. The second-order valence-corrected chi connectivity index (χ2v) is 5.65. The highest BCUT2D eigenvalue weighted by Gasteiger charge is 2.18. The Labute approximate surface area is 130 Å². The summed E-state index contributed by atoms with van der Waals surface area (Å²) in [6.45, 7) is 0. The van der Waals surface area contributed by atoms with E-state index in [1.807, 2.05) is 36.4 Å². The Bertz CT molecular complexity index is 1200. The molecule has 0 unspecified atom stereocenters. The largest absolute Gasteiger partial charge is 0.488 e. The van der Waals surface area contributed by atoms with Crippen LogP contribution in [0.5, 0.6) is 0 Å². The Balaban J connectivity index is 1.95. The van der Waals surface area contributed by atoms with Crippen molar-refractivity contribution < 1.29 is 18.9 Å². The Morgan fingerprint density at radius 2 is 1.30 bits per heavy atom. The lowest BCUT2D eigenvalue weighted by Crippen LogP contribution is -2.29. The van der Waals surface area contributed by atoms with Crippen LogP contribution in [0.25, 0.3) is 43.9 Å². The van der Waals surface area contributed by atoms with Gasteiger partial charge in [-0.25, -0.2) is 0 Å². The lowest BCUT2D eigenvalue weighted by molar-refractivity contribution is 0.426. The molecule has 23 heavy (non-hydrogen) atoms. The van der Waals surface area contributed by atoms with Gasteiger partial charge in [0.05, 0.1) is 0 Å². The molecule has 0 aliphatic carbocycles. The highest BCUT2D eigenvalue weighted by Crippen LogP contribution is 2.37. The van der Waals surface area contributed by atoms with E-state index in [1.54, 1.807) is 18.2 Å². The van der Waals surface area contributed by atoms with Crippen LogP contribution in [-0.2, 0) is 0 Å². The van der Waals surface area contributed by atoms with Crippen molar-refractivity contribution in [2.75, 3.05) is 0 Å². The molecule has 2 N–H and O–H groups in total. The van der Waals surface area contributed by atoms with Gasteiger partial charge < -0.3 is 18.9 Å². The zero-order valence-electron chi connectivity index (χ0n) is 12.0. The van der Waals surface area contributed by atoms with Gasteiger partial charge in [0.2, 0.25) is 0 Å². The second-order valence-electron chi connectivity index (χ2n) is 5.65. The molecule has 4 nitrogen and oxygen atoms in total. The van der Waals surface area contributed by atoms with E-state index in [2.05, 4.69) is 0 Å². The molecule has 0 atom stereocenters. The molecule has 5 heteroatoms. The van der Waals surface area contributed by atoms with Crippen molar-refractivity contribution in [1.82, 2.24) is 0 Å². The maximum atomic E-state index is 9.37. The summed E-state index contributed by atoms with van der Waals surface area (Å²) < 4.78 is 12.0. The minimum Gasteiger partial charge on any atom is -0.452 e. The second kappa shape index (κ2) is 4.38. The molecular weight excluding hydrogens is 291 g/mol. The maximum Gasteiger partial charge on any atom is 0.488 e. The summed E-state index contributed by atoms with van der Waals surface area (Å²) in [5, 5.41) is 22.5. The van der Waals surface area contributed by atoms with Crippen LogP contribution in [0.1, 0.15) is 0 Å². The first kappa shape index (κ1) is 12.8.